The van der Waals surface area contributed by atoms with Gasteiger partial charge in [0.25, 0.3) is 0 Å². The van der Waals surface area contributed by atoms with Crippen molar-refractivity contribution in [3.05, 3.63) is 54.3 Å². The lowest BCUT2D eigenvalue weighted by atomic mass is 10.2. The van der Waals surface area contributed by atoms with E-state index in [0.29, 0.717) is 6.54 Å². The quantitative estimate of drug-likeness (QED) is 0.760. The lowest BCUT2D eigenvalue weighted by Crippen LogP contribution is -2.47. The van der Waals surface area contributed by atoms with Gasteiger partial charge in [0, 0.05) is 44.8 Å². The van der Waals surface area contributed by atoms with E-state index in [2.05, 4.69) is 15.1 Å². The molecule has 0 atom stereocenters. The van der Waals surface area contributed by atoms with Crippen LogP contribution in [0.5, 0.6) is 0 Å². The molecule has 0 saturated carbocycles. The Kier molecular flexibility index (Phi) is 6.28. The Morgan fingerprint density at radius 1 is 1.04 bits per heavy atom. The lowest BCUT2D eigenvalue weighted by Gasteiger charge is -2.36. The highest BCUT2D eigenvalue weighted by atomic mass is 32.2. The first-order valence-electron chi connectivity index (χ1n) is 8.97. The molecule has 0 radical (unpaired) electrons. The summed E-state index contributed by atoms with van der Waals surface area (Å²) in [5.74, 6) is -0.663. The van der Waals surface area contributed by atoms with E-state index in [0.717, 1.165) is 31.9 Å². The van der Waals surface area contributed by atoms with Crippen LogP contribution < -0.4 is 15.4 Å². The van der Waals surface area contributed by atoms with Crippen LogP contribution in [0.2, 0.25) is 0 Å². The fourth-order valence-corrected chi connectivity index (χ4v) is 3.63. The first kappa shape index (κ1) is 20.2. The van der Waals surface area contributed by atoms with Crippen molar-refractivity contribution in [2.75, 3.05) is 42.9 Å². The Morgan fingerprint density at radius 3 is 2.29 bits per heavy atom. The van der Waals surface area contributed by atoms with Gasteiger partial charge >= 0.3 is 0 Å². The minimum atomic E-state index is -3.69. The maximum Gasteiger partial charge on any atom is 0.238 e. The van der Waals surface area contributed by atoms with Crippen LogP contribution in [0.1, 0.15) is 6.42 Å². The van der Waals surface area contributed by atoms with Gasteiger partial charge in [-0.15, -0.1) is 0 Å². The number of hydrogen-bond donors (Lipinski definition) is 2. The second-order valence-corrected chi connectivity index (χ2v) is 8.21. The first-order chi connectivity index (χ1) is 13.3. The SMILES string of the molecule is NS(=O)(=O)c1ccc(N2CCN(CCC(=O)Nc3ccccc3F)CC2)cc1. The van der Waals surface area contributed by atoms with E-state index in [4.69, 9.17) is 5.14 Å². The van der Waals surface area contributed by atoms with Crippen LogP contribution >= 0.6 is 0 Å². The van der Waals surface area contributed by atoms with Crippen molar-refractivity contribution in [3.63, 3.8) is 0 Å². The molecule has 3 rings (SSSR count). The molecule has 1 amide bonds. The molecule has 0 bridgehead atoms. The molecule has 28 heavy (non-hydrogen) atoms. The number of para-hydroxylation sites is 1. The molecule has 1 saturated heterocycles. The average Bonchev–Trinajstić information content (AvgIpc) is 2.68. The van der Waals surface area contributed by atoms with Gasteiger partial charge in [0.2, 0.25) is 15.9 Å². The maximum atomic E-state index is 13.6. The standard InChI is InChI=1S/C19H23FN4O3S/c20-17-3-1-2-4-18(17)22-19(25)9-10-23-11-13-24(14-12-23)15-5-7-16(8-6-15)28(21,26)27/h1-8H,9-14H2,(H,22,25)(H2,21,26,27). The smallest absolute Gasteiger partial charge is 0.238 e. The second kappa shape index (κ2) is 8.68. The number of sulfonamides is 1. The minimum Gasteiger partial charge on any atom is -0.369 e. The van der Waals surface area contributed by atoms with E-state index in [9.17, 15) is 17.6 Å². The summed E-state index contributed by atoms with van der Waals surface area (Å²) >= 11 is 0. The van der Waals surface area contributed by atoms with Gasteiger partial charge in [-0.3, -0.25) is 9.69 Å². The van der Waals surface area contributed by atoms with Crippen molar-refractivity contribution < 1.29 is 17.6 Å². The highest BCUT2D eigenvalue weighted by Gasteiger charge is 2.18. The van der Waals surface area contributed by atoms with Crippen molar-refractivity contribution in [1.29, 1.82) is 0 Å². The largest absolute Gasteiger partial charge is 0.369 e. The average molecular weight is 406 g/mol. The summed E-state index contributed by atoms with van der Waals surface area (Å²) in [5.41, 5.74) is 1.13. The van der Waals surface area contributed by atoms with Gasteiger partial charge in [0.15, 0.2) is 0 Å². The van der Waals surface area contributed by atoms with Gasteiger partial charge in [-0.05, 0) is 36.4 Å². The summed E-state index contributed by atoms with van der Waals surface area (Å²) in [5, 5.41) is 7.71. The third kappa shape index (κ3) is 5.28. The summed E-state index contributed by atoms with van der Waals surface area (Å²) in [6.45, 7) is 3.69. The van der Waals surface area contributed by atoms with E-state index in [1.54, 1.807) is 24.3 Å². The third-order valence-electron chi connectivity index (χ3n) is 4.71. The third-order valence-corrected chi connectivity index (χ3v) is 5.63. The maximum absolute atomic E-state index is 13.6. The van der Waals surface area contributed by atoms with Crippen molar-refractivity contribution in [1.82, 2.24) is 4.90 Å². The highest BCUT2D eigenvalue weighted by Crippen LogP contribution is 2.19. The lowest BCUT2D eigenvalue weighted by molar-refractivity contribution is -0.116. The zero-order valence-corrected chi connectivity index (χ0v) is 16.2. The molecule has 0 unspecified atom stereocenters. The second-order valence-electron chi connectivity index (χ2n) is 6.65. The number of halogens is 1. The number of nitrogens with zero attached hydrogens (tertiary/aromatic N) is 2. The zero-order valence-electron chi connectivity index (χ0n) is 15.3. The molecule has 0 aromatic heterocycles. The van der Waals surface area contributed by atoms with Crippen LogP contribution in [0.3, 0.4) is 0 Å². The number of nitrogens with two attached hydrogens (primary N) is 1. The van der Waals surface area contributed by atoms with Crippen LogP contribution in [0.4, 0.5) is 15.8 Å². The number of benzene rings is 2. The number of primary sulfonamides is 1. The molecule has 1 heterocycles. The molecule has 2 aromatic carbocycles. The summed E-state index contributed by atoms with van der Waals surface area (Å²) in [6.07, 6.45) is 0.289. The molecule has 0 spiro atoms. The Balaban J connectivity index is 1.45. The van der Waals surface area contributed by atoms with Crippen LogP contribution in [0, 0.1) is 5.82 Å². The van der Waals surface area contributed by atoms with Crippen LogP contribution in [0.25, 0.3) is 0 Å². The molecule has 9 heteroatoms. The molecule has 1 aliphatic rings. The Bertz CT molecular complexity index is 926. The van der Waals surface area contributed by atoms with Crippen molar-refractivity contribution in [2.24, 2.45) is 5.14 Å². The van der Waals surface area contributed by atoms with Crippen molar-refractivity contribution >= 4 is 27.3 Å². The number of piperazine rings is 1. The van der Waals surface area contributed by atoms with Crippen molar-refractivity contribution in [3.8, 4) is 0 Å². The van der Waals surface area contributed by atoms with E-state index < -0.39 is 15.8 Å². The zero-order chi connectivity index (χ0) is 20.1. The topological polar surface area (TPSA) is 95.7 Å². The summed E-state index contributed by atoms with van der Waals surface area (Å²) in [7, 11) is -3.69. The molecular formula is C19H23FN4O3S. The highest BCUT2D eigenvalue weighted by molar-refractivity contribution is 7.89. The molecule has 0 aliphatic carbocycles. The normalized spacial score (nSPS) is 15.4. The number of anilines is 2. The van der Waals surface area contributed by atoms with Crippen molar-refractivity contribution in [2.45, 2.75) is 11.3 Å². The van der Waals surface area contributed by atoms with E-state index in [1.165, 1.54) is 24.3 Å². The Hall–Kier alpha value is -2.49. The number of carbonyl (C=O) groups is 1. The number of carbonyl (C=O) groups excluding carboxylic acids is 1. The number of rotatable bonds is 6. The fourth-order valence-electron chi connectivity index (χ4n) is 3.11. The summed E-state index contributed by atoms with van der Waals surface area (Å²) in [6, 6.07) is 12.6. The van der Waals surface area contributed by atoms with E-state index in [-0.39, 0.29) is 22.9 Å². The number of nitrogens with one attached hydrogen (secondary N) is 1. The molecule has 150 valence electrons. The van der Waals surface area contributed by atoms with Gasteiger partial charge in [-0.2, -0.15) is 0 Å². The summed E-state index contributed by atoms with van der Waals surface area (Å²) < 4.78 is 36.2. The van der Waals surface area contributed by atoms with Gasteiger partial charge in [-0.1, -0.05) is 12.1 Å². The monoisotopic (exact) mass is 406 g/mol. The predicted molar refractivity (Wildman–Crippen MR) is 106 cm³/mol. The Morgan fingerprint density at radius 2 is 1.68 bits per heavy atom. The number of amides is 1. The van der Waals surface area contributed by atoms with Crippen LogP contribution in [-0.2, 0) is 14.8 Å². The first-order valence-corrected chi connectivity index (χ1v) is 10.5. The van der Waals surface area contributed by atoms with Crippen LogP contribution in [0.15, 0.2) is 53.4 Å². The van der Waals surface area contributed by atoms with Gasteiger partial charge in [0.05, 0.1) is 10.6 Å². The molecule has 2 aromatic rings. The molecular weight excluding hydrogens is 383 g/mol. The molecule has 7 nitrogen and oxygen atoms in total. The summed E-state index contributed by atoms with van der Waals surface area (Å²) in [4.78, 5) is 16.5. The van der Waals surface area contributed by atoms with E-state index >= 15 is 0 Å². The van der Waals surface area contributed by atoms with Gasteiger partial charge in [-0.25, -0.2) is 17.9 Å². The minimum absolute atomic E-state index is 0.0933. The van der Waals surface area contributed by atoms with E-state index in [1.807, 2.05) is 0 Å². The van der Waals surface area contributed by atoms with Gasteiger partial charge in [0.1, 0.15) is 5.82 Å². The fraction of sp³-hybridized carbons (Fsp3) is 0.316. The Labute approximate surface area is 164 Å². The molecule has 1 aliphatic heterocycles. The predicted octanol–water partition coefficient (Wildman–Crippen LogP) is 1.62. The number of hydrogen-bond acceptors (Lipinski definition) is 5. The molecule has 1 fully saturated rings. The van der Waals surface area contributed by atoms with Crippen LogP contribution in [-0.4, -0.2) is 51.9 Å². The molecule has 3 N–H and O–H groups in total. The van der Waals surface area contributed by atoms with Gasteiger partial charge < -0.3 is 10.2 Å².